The second-order valence-corrected chi connectivity index (χ2v) is 3.67. The highest BCUT2D eigenvalue weighted by Gasteiger charge is 2.05. The van der Waals surface area contributed by atoms with E-state index in [-0.39, 0.29) is 5.91 Å². The van der Waals surface area contributed by atoms with Gasteiger partial charge in [0.05, 0.1) is 13.2 Å². The first-order chi connectivity index (χ1) is 7.61. The molecule has 0 fully saturated rings. The number of methoxy groups -OCH3 is 1. The summed E-state index contributed by atoms with van der Waals surface area (Å²) in [4.78, 5) is 11.5. The SMILES string of the molecule is COc1cccc(NC(=O)CCC(C)O)c1. The van der Waals surface area contributed by atoms with Crippen molar-refractivity contribution in [3.63, 3.8) is 0 Å². The predicted octanol–water partition coefficient (Wildman–Crippen LogP) is 1.79. The number of carbonyl (C=O) groups is 1. The number of ether oxygens (including phenoxy) is 1. The number of nitrogens with one attached hydrogen (secondary N) is 1. The summed E-state index contributed by atoms with van der Waals surface area (Å²) in [7, 11) is 1.58. The molecule has 0 aromatic heterocycles. The molecule has 0 heterocycles. The summed E-state index contributed by atoms with van der Waals surface area (Å²) in [5, 5.41) is 11.8. The molecule has 0 bridgehead atoms. The molecule has 1 aromatic rings. The number of rotatable bonds is 5. The summed E-state index contributed by atoms with van der Waals surface area (Å²) >= 11 is 0. The number of amides is 1. The molecule has 1 unspecified atom stereocenters. The summed E-state index contributed by atoms with van der Waals surface area (Å²) in [6, 6.07) is 7.16. The molecule has 0 saturated carbocycles. The van der Waals surface area contributed by atoms with E-state index in [0.717, 1.165) is 0 Å². The van der Waals surface area contributed by atoms with E-state index in [2.05, 4.69) is 5.32 Å². The minimum Gasteiger partial charge on any atom is -0.497 e. The molecule has 16 heavy (non-hydrogen) atoms. The van der Waals surface area contributed by atoms with E-state index >= 15 is 0 Å². The first-order valence-electron chi connectivity index (χ1n) is 5.24. The van der Waals surface area contributed by atoms with Gasteiger partial charge in [0, 0.05) is 18.2 Å². The second kappa shape index (κ2) is 6.12. The standard InChI is InChI=1S/C12H17NO3/c1-9(14)6-7-12(15)13-10-4-3-5-11(8-10)16-2/h3-5,8-9,14H,6-7H2,1-2H3,(H,13,15). The zero-order valence-electron chi connectivity index (χ0n) is 9.56. The van der Waals surface area contributed by atoms with Gasteiger partial charge in [-0.15, -0.1) is 0 Å². The van der Waals surface area contributed by atoms with Crippen LogP contribution in [0.2, 0.25) is 0 Å². The Bertz CT molecular complexity index is 350. The van der Waals surface area contributed by atoms with Crippen LogP contribution >= 0.6 is 0 Å². The average molecular weight is 223 g/mol. The Labute approximate surface area is 95.2 Å². The van der Waals surface area contributed by atoms with E-state index in [1.54, 1.807) is 26.2 Å². The zero-order chi connectivity index (χ0) is 12.0. The number of hydrogen-bond acceptors (Lipinski definition) is 3. The number of benzene rings is 1. The van der Waals surface area contributed by atoms with Gasteiger partial charge < -0.3 is 15.2 Å². The lowest BCUT2D eigenvalue weighted by atomic mass is 10.2. The Morgan fingerprint density at radius 3 is 2.94 bits per heavy atom. The highest BCUT2D eigenvalue weighted by atomic mass is 16.5. The lowest BCUT2D eigenvalue weighted by Crippen LogP contribution is -2.13. The molecule has 88 valence electrons. The minimum atomic E-state index is -0.448. The number of hydrogen-bond donors (Lipinski definition) is 2. The summed E-state index contributed by atoms with van der Waals surface area (Å²) in [6.45, 7) is 1.67. The van der Waals surface area contributed by atoms with Gasteiger partial charge >= 0.3 is 0 Å². The maximum atomic E-state index is 11.5. The van der Waals surface area contributed by atoms with Crippen LogP contribution in [0.4, 0.5) is 5.69 Å². The van der Waals surface area contributed by atoms with Crippen LogP contribution in [-0.2, 0) is 4.79 Å². The van der Waals surface area contributed by atoms with Crippen LogP contribution in [0.15, 0.2) is 24.3 Å². The number of anilines is 1. The van der Waals surface area contributed by atoms with Gasteiger partial charge in [-0.2, -0.15) is 0 Å². The Balaban J connectivity index is 2.49. The van der Waals surface area contributed by atoms with E-state index in [1.807, 2.05) is 12.1 Å². The number of aliphatic hydroxyl groups excluding tert-OH is 1. The van der Waals surface area contributed by atoms with Crippen LogP contribution < -0.4 is 10.1 Å². The van der Waals surface area contributed by atoms with Gasteiger partial charge in [0.2, 0.25) is 5.91 Å². The molecule has 1 aromatic carbocycles. The third kappa shape index (κ3) is 4.31. The van der Waals surface area contributed by atoms with Crippen molar-refractivity contribution in [3.8, 4) is 5.75 Å². The topological polar surface area (TPSA) is 58.6 Å². The molecule has 1 atom stereocenters. The maximum Gasteiger partial charge on any atom is 0.224 e. The van der Waals surface area contributed by atoms with Crippen molar-refractivity contribution < 1.29 is 14.6 Å². The van der Waals surface area contributed by atoms with E-state index in [0.29, 0.717) is 24.3 Å². The average Bonchev–Trinajstić information content (AvgIpc) is 2.26. The first kappa shape index (κ1) is 12.5. The number of aliphatic hydroxyl groups is 1. The molecule has 0 saturated heterocycles. The molecule has 1 rings (SSSR count). The molecular formula is C12H17NO3. The lowest BCUT2D eigenvalue weighted by Gasteiger charge is -2.07. The number of carbonyl (C=O) groups excluding carboxylic acids is 1. The smallest absolute Gasteiger partial charge is 0.224 e. The van der Waals surface area contributed by atoms with Crippen LogP contribution in [0, 0.1) is 0 Å². The van der Waals surface area contributed by atoms with Gasteiger partial charge in [-0.25, -0.2) is 0 Å². The van der Waals surface area contributed by atoms with E-state index in [4.69, 9.17) is 9.84 Å². The van der Waals surface area contributed by atoms with Gasteiger partial charge in [-0.3, -0.25) is 4.79 Å². The normalized spacial score (nSPS) is 11.9. The molecular weight excluding hydrogens is 206 g/mol. The predicted molar refractivity (Wildman–Crippen MR) is 62.5 cm³/mol. The molecule has 0 aliphatic carbocycles. The molecule has 0 spiro atoms. The van der Waals surface area contributed by atoms with Crippen molar-refractivity contribution in [2.75, 3.05) is 12.4 Å². The minimum absolute atomic E-state index is 0.103. The highest BCUT2D eigenvalue weighted by Crippen LogP contribution is 2.16. The Morgan fingerprint density at radius 1 is 1.56 bits per heavy atom. The zero-order valence-corrected chi connectivity index (χ0v) is 9.56. The second-order valence-electron chi connectivity index (χ2n) is 3.67. The van der Waals surface area contributed by atoms with Gasteiger partial charge in [-0.05, 0) is 25.5 Å². The fraction of sp³-hybridized carbons (Fsp3) is 0.417. The quantitative estimate of drug-likeness (QED) is 0.800. The lowest BCUT2D eigenvalue weighted by molar-refractivity contribution is -0.116. The molecule has 0 aliphatic rings. The summed E-state index contributed by atoms with van der Waals surface area (Å²) < 4.78 is 5.04. The van der Waals surface area contributed by atoms with Crippen molar-refractivity contribution >= 4 is 11.6 Å². The molecule has 0 radical (unpaired) electrons. The maximum absolute atomic E-state index is 11.5. The Morgan fingerprint density at radius 2 is 2.31 bits per heavy atom. The van der Waals surface area contributed by atoms with Crippen molar-refractivity contribution in [3.05, 3.63) is 24.3 Å². The van der Waals surface area contributed by atoms with Gasteiger partial charge in [0.25, 0.3) is 0 Å². The highest BCUT2D eigenvalue weighted by molar-refractivity contribution is 5.90. The van der Waals surface area contributed by atoms with Crippen LogP contribution in [0.25, 0.3) is 0 Å². The largest absolute Gasteiger partial charge is 0.497 e. The third-order valence-electron chi connectivity index (χ3n) is 2.14. The molecule has 4 heteroatoms. The van der Waals surface area contributed by atoms with E-state index in [1.165, 1.54) is 0 Å². The van der Waals surface area contributed by atoms with Crippen LogP contribution in [0.5, 0.6) is 5.75 Å². The first-order valence-corrected chi connectivity index (χ1v) is 5.24. The monoisotopic (exact) mass is 223 g/mol. The molecule has 2 N–H and O–H groups in total. The Hall–Kier alpha value is -1.55. The van der Waals surface area contributed by atoms with Crippen LogP contribution in [0.1, 0.15) is 19.8 Å². The fourth-order valence-corrected chi connectivity index (χ4v) is 1.26. The Kier molecular flexibility index (Phi) is 4.79. The third-order valence-corrected chi connectivity index (χ3v) is 2.14. The molecule has 0 aliphatic heterocycles. The fourth-order valence-electron chi connectivity index (χ4n) is 1.26. The van der Waals surface area contributed by atoms with E-state index < -0.39 is 6.10 Å². The molecule has 1 amide bonds. The van der Waals surface area contributed by atoms with Crippen LogP contribution in [-0.4, -0.2) is 24.2 Å². The van der Waals surface area contributed by atoms with Gasteiger partial charge in [0.15, 0.2) is 0 Å². The molecule has 4 nitrogen and oxygen atoms in total. The van der Waals surface area contributed by atoms with Crippen molar-refractivity contribution in [2.45, 2.75) is 25.9 Å². The summed E-state index contributed by atoms with van der Waals surface area (Å²) in [5.41, 5.74) is 0.704. The van der Waals surface area contributed by atoms with Gasteiger partial charge in [0.1, 0.15) is 5.75 Å². The van der Waals surface area contributed by atoms with Crippen molar-refractivity contribution in [1.82, 2.24) is 0 Å². The van der Waals surface area contributed by atoms with Gasteiger partial charge in [-0.1, -0.05) is 6.07 Å². The van der Waals surface area contributed by atoms with E-state index in [9.17, 15) is 4.79 Å². The summed E-state index contributed by atoms with van der Waals surface area (Å²) in [6.07, 6.45) is 0.334. The van der Waals surface area contributed by atoms with Crippen LogP contribution in [0.3, 0.4) is 0 Å². The summed E-state index contributed by atoms with van der Waals surface area (Å²) in [5.74, 6) is 0.600. The van der Waals surface area contributed by atoms with Crippen molar-refractivity contribution in [1.29, 1.82) is 0 Å². The van der Waals surface area contributed by atoms with Crippen molar-refractivity contribution in [2.24, 2.45) is 0 Å².